The Morgan fingerprint density at radius 1 is 1.33 bits per heavy atom. The van der Waals surface area contributed by atoms with Gasteiger partial charge in [0.25, 0.3) is 0 Å². The van der Waals surface area contributed by atoms with E-state index in [2.05, 4.69) is 46.2 Å². The van der Waals surface area contributed by atoms with Crippen molar-refractivity contribution in [1.29, 1.82) is 0 Å². The minimum absolute atomic E-state index is 0.0364. The van der Waals surface area contributed by atoms with E-state index in [9.17, 15) is 4.79 Å². The summed E-state index contributed by atoms with van der Waals surface area (Å²) >= 11 is 0. The minimum Gasteiger partial charge on any atom is -0.338 e. The van der Waals surface area contributed by atoms with Gasteiger partial charge in [0.2, 0.25) is 0 Å². The fourth-order valence-corrected chi connectivity index (χ4v) is 5.31. The zero-order valence-corrected chi connectivity index (χ0v) is 15.1. The lowest BCUT2D eigenvalue weighted by atomic mass is 9.69. The molecule has 2 heterocycles. The van der Waals surface area contributed by atoms with E-state index in [-0.39, 0.29) is 11.4 Å². The molecule has 1 aromatic heterocycles. The van der Waals surface area contributed by atoms with E-state index in [4.69, 9.17) is 0 Å². The topological polar surface area (TPSA) is 71.8 Å². The Kier molecular flexibility index (Phi) is 3.62. The van der Waals surface area contributed by atoms with E-state index in [1.807, 2.05) is 0 Å². The van der Waals surface area contributed by atoms with Crippen LogP contribution in [0.3, 0.4) is 0 Å². The molecule has 0 radical (unpaired) electrons. The summed E-state index contributed by atoms with van der Waals surface area (Å²) in [6, 6.07) is 0.259. The number of aromatic nitrogens is 3. The number of fused-ring (bicyclic) bond motifs is 3. The van der Waals surface area contributed by atoms with Gasteiger partial charge in [-0.1, -0.05) is 20.8 Å². The first-order valence-electron chi connectivity index (χ1n) is 9.37. The highest BCUT2D eigenvalue weighted by Crippen LogP contribution is 2.65. The van der Waals surface area contributed by atoms with Gasteiger partial charge in [-0.25, -0.2) is 4.79 Å². The van der Waals surface area contributed by atoms with Crippen LogP contribution < -0.4 is 10.6 Å². The second kappa shape index (κ2) is 5.46. The molecule has 1 aliphatic heterocycles. The van der Waals surface area contributed by atoms with E-state index in [0.717, 1.165) is 49.8 Å². The van der Waals surface area contributed by atoms with Crippen LogP contribution in [0.2, 0.25) is 0 Å². The molecule has 132 valence electrons. The molecule has 3 unspecified atom stereocenters. The SMILES string of the molecule is CC1(C)C2CCC1(C)C(NC(=O)NCCc1nnc3n1CCC3)C2. The summed E-state index contributed by atoms with van der Waals surface area (Å²) in [7, 11) is 0. The number of rotatable bonds is 4. The third-order valence-electron chi connectivity index (χ3n) is 7.42. The van der Waals surface area contributed by atoms with Crippen LogP contribution in [-0.2, 0) is 19.4 Å². The van der Waals surface area contributed by atoms with Crippen LogP contribution in [0.5, 0.6) is 0 Å². The Balaban J connectivity index is 1.29. The second-order valence-electron chi connectivity index (χ2n) is 8.60. The van der Waals surface area contributed by atoms with Gasteiger partial charge in [-0.2, -0.15) is 0 Å². The lowest BCUT2D eigenvalue weighted by Gasteiger charge is -2.39. The van der Waals surface area contributed by atoms with Crippen LogP contribution in [-0.4, -0.2) is 33.4 Å². The van der Waals surface area contributed by atoms with Crippen molar-refractivity contribution in [3.63, 3.8) is 0 Å². The highest BCUT2D eigenvalue weighted by molar-refractivity contribution is 5.74. The molecule has 0 spiro atoms. The van der Waals surface area contributed by atoms with Crippen LogP contribution in [0.1, 0.15) is 58.1 Å². The number of nitrogens with zero attached hydrogens (tertiary/aromatic N) is 3. The van der Waals surface area contributed by atoms with Crippen molar-refractivity contribution in [2.75, 3.05) is 6.54 Å². The Hall–Kier alpha value is -1.59. The molecule has 24 heavy (non-hydrogen) atoms. The van der Waals surface area contributed by atoms with Gasteiger partial charge >= 0.3 is 6.03 Å². The van der Waals surface area contributed by atoms with Crippen LogP contribution in [0, 0.1) is 16.7 Å². The average molecular weight is 331 g/mol. The molecule has 2 amide bonds. The van der Waals surface area contributed by atoms with Crippen LogP contribution in [0.15, 0.2) is 0 Å². The zero-order valence-electron chi connectivity index (χ0n) is 15.1. The van der Waals surface area contributed by atoms with Crippen molar-refractivity contribution in [3.05, 3.63) is 11.6 Å². The lowest BCUT2D eigenvalue weighted by molar-refractivity contribution is 0.123. The Morgan fingerprint density at radius 3 is 2.88 bits per heavy atom. The molecule has 3 atom stereocenters. The summed E-state index contributed by atoms with van der Waals surface area (Å²) in [5.74, 6) is 2.83. The standard InChI is InChI=1S/C18H29N5O/c1-17(2)12-6-8-18(17,3)13(11-12)20-16(24)19-9-7-15-22-21-14-5-4-10-23(14)15/h12-13H,4-11H2,1-3H3,(H2,19,20,24). The quantitative estimate of drug-likeness (QED) is 0.889. The molecule has 0 aromatic carbocycles. The molecule has 6 heteroatoms. The molecular formula is C18H29N5O. The third kappa shape index (κ3) is 2.25. The van der Waals surface area contributed by atoms with Gasteiger partial charge in [0, 0.05) is 32.0 Å². The van der Waals surface area contributed by atoms with E-state index >= 15 is 0 Å². The molecular weight excluding hydrogens is 302 g/mol. The average Bonchev–Trinajstić information content (AvgIpc) is 3.21. The molecule has 2 fully saturated rings. The van der Waals surface area contributed by atoms with Crippen molar-refractivity contribution in [3.8, 4) is 0 Å². The molecule has 1 aromatic rings. The monoisotopic (exact) mass is 331 g/mol. The maximum Gasteiger partial charge on any atom is 0.315 e. The fraction of sp³-hybridized carbons (Fsp3) is 0.833. The molecule has 2 saturated carbocycles. The molecule has 2 N–H and O–H groups in total. The summed E-state index contributed by atoms with van der Waals surface area (Å²) in [6.45, 7) is 8.72. The van der Waals surface area contributed by atoms with Gasteiger partial charge in [-0.3, -0.25) is 0 Å². The molecule has 4 rings (SSSR count). The van der Waals surface area contributed by atoms with Gasteiger partial charge in [-0.15, -0.1) is 10.2 Å². The number of aryl methyl sites for hydroxylation is 1. The summed E-state index contributed by atoms with van der Waals surface area (Å²) in [4.78, 5) is 12.3. The number of urea groups is 1. The highest BCUT2D eigenvalue weighted by atomic mass is 16.2. The smallest absolute Gasteiger partial charge is 0.315 e. The normalized spacial score (nSPS) is 32.8. The largest absolute Gasteiger partial charge is 0.338 e. The summed E-state index contributed by atoms with van der Waals surface area (Å²) in [5.41, 5.74) is 0.551. The van der Waals surface area contributed by atoms with E-state index in [1.54, 1.807) is 0 Å². The zero-order chi connectivity index (χ0) is 16.9. The van der Waals surface area contributed by atoms with Crippen LogP contribution in [0.4, 0.5) is 4.79 Å². The van der Waals surface area contributed by atoms with Gasteiger partial charge < -0.3 is 15.2 Å². The van der Waals surface area contributed by atoms with Gasteiger partial charge in [0.15, 0.2) is 0 Å². The van der Waals surface area contributed by atoms with E-state index in [0.29, 0.717) is 18.0 Å². The number of hydrogen-bond donors (Lipinski definition) is 2. The van der Waals surface area contributed by atoms with E-state index in [1.165, 1.54) is 12.8 Å². The summed E-state index contributed by atoms with van der Waals surface area (Å²) in [5, 5.41) is 14.7. The Labute approximate surface area is 143 Å². The van der Waals surface area contributed by atoms with E-state index < -0.39 is 0 Å². The fourth-order valence-electron chi connectivity index (χ4n) is 5.31. The maximum atomic E-state index is 12.3. The predicted octanol–water partition coefficient (Wildman–Crippen LogP) is 2.28. The van der Waals surface area contributed by atoms with Crippen molar-refractivity contribution in [2.45, 2.75) is 71.9 Å². The van der Waals surface area contributed by atoms with Crippen molar-refractivity contribution < 1.29 is 4.79 Å². The minimum atomic E-state index is -0.0364. The third-order valence-corrected chi connectivity index (χ3v) is 7.42. The summed E-state index contributed by atoms with van der Waals surface area (Å²) in [6.07, 6.45) is 6.58. The predicted molar refractivity (Wildman–Crippen MR) is 91.6 cm³/mol. The van der Waals surface area contributed by atoms with Crippen LogP contribution in [0.25, 0.3) is 0 Å². The first-order valence-corrected chi connectivity index (χ1v) is 9.37. The Morgan fingerprint density at radius 2 is 2.17 bits per heavy atom. The maximum absolute atomic E-state index is 12.3. The Bertz CT molecular complexity index is 652. The number of carbonyl (C=O) groups is 1. The second-order valence-corrected chi connectivity index (χ2v) is 8.60. The number of amides is 2. The van der Waals surface area contributed by atoms with Gasteiger partial charge in [0.1, 0.15) is 11.6 Å². The van der Waals surface area contributed by atoms with Crippen LogP contribution >= 0.6 is 0 Å². The van der Waals surface area contributed by atoms with Gasteiger partial charge in [-0.05, 0) is 42.4 Å². The van der Waals surface area contributed by atoms with Crippen molar-refractivity contribution in [1.82, 2.24) is 25.4 Å². The van der Waals surface area contributed by atoms with Crippen molar-refractivity contribution in [2.24, 2.45) is 16.7 Å². The molecule has 2 aliphatic carbocycles. The first-order chi connectivity index (χ1) is 11.4. The summed E-state index contributed by atoms with van der Waals surface area (Å²) < 4.78 is 2.19. The number of nitrogens with one attached hydrogen (secondary N) is 2. The molecule has 6 nitrogen and oxygen atoms in total. The number of carbonyl (C=O) groups excluding carboxylic acids is 1. The molecule has 0 saturated heterocycles. The lowest BCUT2D eigenvalue weighted by Crippen LogP contribution is -2.50. The highest BCUT2D eigenvalue weighted by Gasteiger charge is 2.61. The molecule has 2 bridgehead atoms. The van der Waals surface area contributed by atoms with Gasteiger partial charge in [0.05, 0.1) is 0 Å². The first kappa shape index (κ1) is 15.9. The number of hydrogen-bond acceptors (Lipinski definition) is 3. The molecule has 3 aliphatic rings. The van der Waals surface area contributed by atoms with Crippen molar-refractivity contribution >= 4 is 6.03 Å².